The van der Waals surface area contributed by atoms with Gasteiger partial charge in [-0.15, -0.1) is 0 Å². The smallest absolute Gasteiger partial charge is 0.342 e. The molecule has 1 aliphatic rings. The van der Waals surface area contributed by atoms with Crippen LogP contribution in [0.2, 0.25) is 0 Å². The first-order valence-corrected chi connectivity index (χ1v) is 8.73. The zero-order valence-electron chi connectivity index (χ0n) is 15.7. The quantitative estimate of drug-likeness (QED) is 0.501. The largest absolute Gasteiger partial charge is 0.489 e. The molecule has 0 bridgehead atoms. The molecule has 2 rings (SSSR count). The molecule has 0 aliphatic carbocycles. The molecule has 0 unspecified atom stereocenters. The van der Waals surface area contributed by atoms with E-state index >= 15 is 0 Å². The average molecular weight is 380 g/mol. The van der Waals surface area contributed by atoms with Gasteiger partial charge < -0.3 is 24.2 Å². The highest BCUT2D eigenvalue weighted by molar-refractivity contribution is 5.95. The van der Waals surface area contributed by atoms with Gasteiger partial charge in [0.25, 0.3) is 0 Å². The van der Waals surface area contributed by atoms with Crippen LogP contribution < -0.4 is 9.64 Å². The number of anilines is 1. The van der Waals surface area contributed by atoms with Gasteiger partial charge in [0.05, 0.1) is 26.2 Å². The molecule has 9 heteroatoms. The van der Waals surface area contributed by atoms with Gasteiger partial charge in [0.2, 0.25) is 0 Å². The van der Waals surface area contributed by atoms with E-state index in [4.69, 9.17) is 14.6 Å². The van der Waals surface area contributed by atoms with Crippen molar-refractivity contribution in [2.45, 2.75) is 26.7 Å². The molecule has 2 heterocycles. The van der Waals surface area contributed by atoms with E-state index in [1.807, 2.05) is 0 Å². The molecule has 0 atom stereocenters. The van der Waals surface area contributed by atoms with Crippen LogP contribution in [0.3, 0.4) is 0 Å². The zero-order valence-corrected chi connectivity index (χ0v) is 15.7. The number of pyridine rings is 1. The Balaban J connectivity index is 2.23. The molecule has 0 radical (unpaired) electrons. The molecule has 27 heavy (non-hydrogen) atoms. The minimum atomic E-state index is -0.870. The Morgan fingerprint density at radius 3 is 2.63 bits per heavy atom. The lowest BCUT2D eigenvalue weighted by Crippen LogP contribution is -2.51. The number of carbonyl (C=O) groups is 3. The summed E-state index contributed by atoms with van der Waals surface area (Å²) in [6.07, 6.45) is 0.588. The fourth-order valence-corrected chi connectivity index (χ4v) is 2.66. The van der Waals surface area contributed by atoms with E-state index < -0.39 is 17.9 Å². The van der Waals surface area contributed by atoms with Crippen LogP contribution in [0.5, 0.6) is 5.75 Å². The number of hydrogen-bond acceptors (Lipinski definition) is 8. The summed E-state index contributed by atoms with van der Waals surface area (Å²) in [6, 6.07) is 1.57. The summed E-state index contributed by atoms with van der Waals surface area (Å²) in [4.78, 5) is 40.8. The van der Waals surface area contributed by atoms with E-state index in [0.717, 1.165) is 0 Å². The third-order valence-corrected chi connectivity index (χ3v) is 4.11. The zero-order chi connectivity index (χ0) is 20.0. The van der Waals surface area contributed by atoms with Gasteiger partial charge >= 0.3 is 17.9 Å². The van der Waals surface area contributed by atoms with Gasteiger partial charge in [0.15, 0.2) is 11.6 Å². The maximum atomic E-state index is 12.3. The van der Waals surface area contributed by atoms with Gasteiger partial charge in [-0.1, -0.05) is 0 Å². The summed E-state index contributed by atoms with van der Waals surface area (Å²) in [5, 5.41) is 9.09. The minimum absolute atomic E-state index is 0.176. The van der Waals surface area contributed by atoms with Crippen molar-refractivity contribution >= 4 is 23.7 Å². The van der Waals surface area contributed by atoms with E-state index in [-0.39, 0.29) is 50.0 Å². The van der Waals surface area contributed by atoms with Crippen molar-refractivity contribution in [3.63, 3.8) is 0 Å². The number of methoxy groups -OCH3 is 1. The molecule has 1 aromatic rings. The molecule has 148 valence electrons. The number of aliphatic carboxylic acids is 1. The number of carboxylic acids is 1. The van der Waals surface area contributed by atoms with Crippen LogP contribution in [0.25, 0.3) is 0 Å². The lowest BCUT2D eigenvalue weighted by atomic mass is 10.00. The molecule has 1 fully saturated rings. The van der Waals surface area contributed by atoms with Crippen molar-refractivity contribution in [3.05, 3.63) is 17.3 Å². The van der Waals surface area contributed by atoms with Crippen LogP contribution in [0.4, 0.5) is 5.82 Å². The van der Waals surface area contributed by atoms with Crippen LogP contribution in [-0.2, 0) is 19.1 Å². The van der Waals surface area contributed by atoms with Gasteiger partial charge in [0.1, 0.15) is 5.56 Å². The third-order valence-electron chi connectivity index (χ3n) is 4.11. The van der Waals surface area contributed by atoms with Crippen LogP contribution in [0, 0.1) is 12.8 Å². The van der Waals surface area contributed by atoms with Gasteiger partial charge in [0, 0.05) is 25.2 Å². The number of hydrogen-bond donors (Lipinski definition) is 1. The van der Waals surface area contributed by atoms with Crippen molar-refractivity contribution in [1.82, 2.24) is 4.98 Å². The van der Waals surface area contributed by atoms with Gasteiger partial charge in [-0.25, -0.2) is 9.78 Å². The van der Waals surface area contributed by atoms with Crippen LogP contribution in [0.15, 0.2) is 6.07 Å². The van der Waals surface area contributed by atoms with E-state index in [1.54, 1.807) is 24.8 Å². The second kappa shape index (κ2) is 9.20. The van der Waals surface area contributed by atoms with Crippen LogP contribution >= 0.6 is 0 Å². The molecule has 1 aliphatic heterocycles. The molecular formula is C18H24N2O7. The second-order valence-electron chi connectivity index (χ2n) is 6.15. The standard InChI is InChI=1S/C18H24N2O7/c1-4-26-18(24)13-8-11(2)19-16(20-9-12(10-20)17(22)23)15(13)27-7-5-6-14(21)25-3/h8,12H,4-7,9-10H2,1-3H3,(H,22,23). The summed E-state index contributed by atoms with van der Waals surface area (Å²) >= 11 is 0. The van der Waals surface area contributed by atoms with Crippen molar-refractivity contribution in [1.29, 1.82) is 0 Å². The minimum Gasteiger partial charge on any atom is -0.489 e. The molecule has 1 N–H and O–H groups in total. The Morgan fingerprint density at radius 1 is 1.33 bits per heavy atom. The first kappa shape index (κ1) is 20.5. The molecule has 0 aromatic carbocycles. The van der Waals surface area contributed by atoms with Gasteiger partial charge in [-0.3, -0.25) is 9.59 Å². The number of carboxylic acid groups (broad SMARTS) is 1. The topological polar surface area (TPSA) is 115 Å². The maximum Gasteiger partial charge on any atom is 0.342 e. The monoisotopic (exact) mass is 380 g/mol. The Kier molecular flexibility index (Phi) is 6.98. The van der Waals surface area contributed by atoms with Crippen LogP contribution in [-0.4, -0.2) is 61.4 Å². The number of esters is 2. The van der Waals surface area contributed by atoms with E-state index in [9.17, 15) is 14.4 Å². The van der Waals surface area contributed by atoms with E-state index in [0.29, 0.717) is 17.9 Å². The number of carbonyl (C=O) groups excluding carboxylic acids is 2. The molecule has 0 amide bonds. The van der Waals surface area contributed by atoms with Gasteiger partial charge in [-0.2, -0.15) is 0 Å². The fourth-order valence-electron chi connectivity index (χ4n) is 2.66. The summed E-state index contributed by atoms with van der Waals surface area (Å²) in [6.45, 7) is 4.40. The van der Waals surface area contributed by atoms with Crippen LogP contribution in [0.1, 0.15) is 35.8 Å². The van der Waals surface area contributed by atoms with Gasteiger partial charge in [-0.05, 0) is 26.3 Å². The number of nitrogens with zero attached hydrogens (tertiary/aromatic N) is 2. The summed E-state index contributed by atoms with van der Waals surface area (Å²) in [5.74, 6) is -1.59. The molecule has 1 saturated heterocycles. The number of aromatic nitrogens is 1. The van der Waals surface area contributed by atoms with Crippen molar-refractivity contribution in [2.75, 3.05) is 38.3 Å². The highest BCUT2D eigenvalue weighted by Crippen LogP contribution is 2.35. The SMILES string of the molecule is CCOC(=O)c1cc(C)nc(N2CC(C(=O)O)C2)c1OCCCC(=O)OC. The lowest BCUT2D eigenvalue weighted by molar-refractivity contribution is -0.142. The predicted molar refractivity (Wildman–Crippen MR) is 95.0 cm³/mol. The molecule has 1 aromatic heterocycles. The molecule has 0 saturated carbocycles. The Morgan fingerprint density at radius 2 is 2.04 bits per heavy atom. The number of rotatable bonds is 9. The second-order valence-corrected chi connectivity index (χ2v) is 6.15. The lowest BCUT2D eigenvalue weighted by Gasteiger charge is -2.38. The number of aryl methyl sites for hydroxylation is 1. The fraction of sp³-hybridized carbons (Fsp3) is 0.556. The third kappa shape index (κ3) is 5.08. The summed E-state index contributed by atoms with van der Waals surface area (Å²) in [5.41, 5.74) is 0.824. The van der Waals surface area contributed by atoms with Crippen molar-refractivity contribution in [3.8, 4) is 5.75 Å². The maximum absolute atomic E-state index is 12.3. The summed E-state index contributed by atoms with van der Waals surface area (Å²) in [7, 11) is 1.31. The van der Waals surface area contributed by atoms with E-state index in [2.05, 4.69) is 9.72 Å². The van der Waals surface area contributed by atoms with Crippen molar-refractivity contribution < 1.29 is 33.7 Å². The predicted octanol–water partition coefficient (Wildman–Crippen LogP) is 1.42. The number of ether oxygens (including phenoxy) is 3. The summed E-state index contributed by atoms with van der Waals surface area (Å²) < 4.78 is 15.5. The normalized spacial score (nSPS) is 13.7. The molecule has 9 nitrogen and oxygen atoms in total. The average Bonchev–Trinajstić information content (AvgIpc) is 2.57. The highest BCUT2D eigenvalue weighted by atomic mass is 16.5. The van der Waals surface area contributed by atoms with Crippen molar-refractivity contribution in [2.24, 2.45) is 5.92 Å². The molecular weight excluding hydrogens is 356 g/mol. The highest BCUT2D eigenvalue weighted by Gasteiger charge is 2.36. The first-order valence-electron chi connectivity index (χ1n) is 8.73. The Hall–Kier alpha value is -2.84. The Labute approximate surface area is 157 Å². The van der Waals surface area contributed by atoms with E-state index in [1.165, 1.54) is 7.11 Å². The first-order chi connectivity index (χ1) is 12.9. The molecule has 0 spiro atoms. The Bertz CT molecular complexity index is 714.